The first-order chi connectivity index (χ1) is 10.6. The van der Waals surface area contributed by atoms with E-state index in [4.69, 9.17) is 22.7 Å². The predicted octanol–water partition coefficient (Wildman–Crippen LogP) is 1.63. The minimum absolute atomic E-state index is 0.178. The Kier molecular flexibility index (Phi) is 6.93. The van der Waals surface area contributed by atoms with Crippen molar-refractivity contribution in [1.82, 2.24) is 5.32 Å². The minimum Gasteiger partial charge on any atom is -0.444 e. The van der Waals surface area contributed by atoms with Crippen molar-refractivity contribution in [3.05, 3.63) is 35.4 Å². The first-order valence-electron chi connectivity index (χ1n) is 7.33. The molecule has 0 aliphatic heterocycles. The van der Waals surface area contributed by atoms with E-state index in [2.05, 4.69) is 5.32 Å². The molecule has 0 saturated carbocycles. The van der Waals surface area contributed by atoms with Crippen LogP contribution in [-0.4, -0.2) is 39.5 Å². The lowest BCUT2D eigenvalue weighted by Crippen LogP contribution is -2.34. The number of alkyl carbamates (subject to hydrolysis) is 1. The Hall–Kier alpha value is -1.70. The van der Waals surface area contributed by atoms with Gasteiger partial charge < -0.3 is 26.0 Å². The molecule has 0 radical (unpaired) electrons. The third kappa shape index (κ3) is 6.94. The first-order valence-corrected chi connectivity index (χ1v) is 7.73. The van der Waals surface area contributed by atoms with E-state index in [-0.39, 0.29) is 18.0 Å². The van der Waals surface area contributed by atoms with Crippen LogP contribution < -0.4 is 11.1 Å². The summed E-state index contributed by atoms with van der Waals surface area (Å²) in [5.74, 6) is 0. The lowest BCUT2D eigenvalue weighted by atomic mass is 10.00. The van der Waals surface area contributed by atoms with Crippen molar-refractivity contribution in [3.8, 4) is 0 Å². The van der Waals surface area contributed by atoms with E-state index in [0.29, 0.717) is 11.1 Å². The van der Waals surface area contributed by atoms with Gasteiger partial charge in [-0.3, -0.25) is 0 Å². The number of nitrogens with one attached hydrogen (secondary N) is 1. The summed E-state index contributed by atoms with van der Waals surface area (Å²) in [6, 6.07) is 6.75. The Labute approximate surface area is 141 Å². The highest BCUT2D eigenvalue weighted by Gasteiger charge is 2.20. The van der Waals surface area contributed by atoms with Crippen LogP contribution in [0.1, 0.15) is 44.4 Å². The normalized spacial score (nSPS) is 14.0. The molecule has 0 saturated heterocycles. The van der Waals surface area contributed by atoms with E-state index in [1.54, 1.807) is 45.0 Å². The van der Waals surface area contributed by atoms with Gasteiger partial charge in [0.05, 0.1) is 6.10 Å². The van der Waals surface area contributed by atoms with Crippen molar-refractivity contribution in [2.45, 2.75) is 45.0 Å². The molecule has 6 nitrogen and oxygen atoms in total. The summed E-state index contributed by atoms with van der Waals surface area (Å²) in [6.07, 6.45) is -2.51. The van der Waals surface area contributed by atoms with E-state index in [1.165, 1.54) is 0 Å². The SMILES string of the molecule is CC(C)(C)OC(=O)NCCC(O)C(O)c1cccc(C(N)=S)c1. The van der Waals surface area contributed by atoms with E-state index in [9.17, 15) is 15.0 Å². The number of rotatable bonds is 6. The van der Waals surface area contributed by atoms with Crippen LogP contribution in [0.4, 0.5) is 4.79 Å². The first kappa shape index (κ1) is 19.3. The summed E-state index contributed by atoms with van der Waals surface area (Å²) < 4.78 is 5.08. The van der Waals surface area contributed by atoms with E-state index in [0.717, 1.165) is 0 Å². The van der Waals surface area contributed by atoms with Gasteiger partial charge in [-0.25, -0.2) is 4.79 Å². The number of carbonyl (C=O) groups is 1. The number of hydrogen-bond acceptors (Lipinski definition) is 5. The maximum Gasteiger partial charge on any atom is 0.407 e. The smallest absolute Gasteiger partial charge is 0.407 e. The molecule has 2 unspecified atom stereocenters. The fourth-order valence-corrected chi connectivity index (χ4v) is 2.02. The van der Waals surface area contributed by atoms with Crippen LogP contribution in [0.3, 0.4) is 0 Å². The van der Waals surface area contributed by atoms with Gasteiger partial charge in [0.1, 0.15) is 16.7 Å². The van der Waals surface area contributed by atoms with Crippen LogP contribution in [-0.2, 0) is 4.74 Å². The molecule has 1 amide bonds. The molecule has 5 N–H and O–H groups in total. The largest absolute Gasteiger partial charge is 0.444 e. The Morgan fingerprint density at radius 2 is 2.04 bits per heavy atom. The summed E-state index contributed by atoms with van der Waals surface area (Å²) >= 11 is 4.89. The summed E-state index contributed by atoms with van der Waals surface area (Å²) in [7, 11) is 0. The molecule has 2 atom stereocenters. The van der Waals surface area contributed by atoms with Gasteiger partial charge in [-0.1, -0.05) is 30.4 Å². The Morgan fingerprint density at radius 3 is 2.61 bits per heavy atom. The molecule has 1 rings (SSSR count). The molecule has 0 aromatic heterocycles. The van der Waals surface area contributed by atoms with Gasteiger partial charge in [-0.15, -0.1) is 0 Å². The molecule has 23 heavy (non-hydrogen) atoms. The van der Waals surface area contributed by atoms with Crippen molar-refractivity contribution in [3.63, 3.8) is 0 Å². The molecular formula is C16H24N2O4S. The lowest BCUT2D eigenvalue weighted by Gasteiger charge is -2.21. The zero-order valence-electron chi connectivity index (χ0n) is 13.6. The zero-order valence-corrected chi connectivity index (χ0v) is 14.4. The van der Waals surface area contributed by atoms with Crippen molar-refractivity contribution < 1.29 is 19.7 Å². The molecule has 0 aliphatic carbocycles. The second-order valence-electron chi connectivity index (χ2n) is 6.22. The fraction of sp³-hybridized carbons (Fsp3) is 0.500. The van der Waals surface area contributed by atoms with Gasteiger partial charge in [0.25, 0.3) is 0 Å². The average molecular weight is 340 g/mol. The van der Waals surface area contributed by atoms with Crippen LogP contribution in [0.2, 0.25) is 0 Å². The van der Waals surface area contributed by atoms with Crippen molar-refractivity contribution in [2.24, 2.45) is 5.73 Å². The van der Waals surface area contributed by atoms with Crippen LogP contribution >= 0.6 is 12.2 Å². The molecule has 0 aliphatic rings. The number of hydrogen-bond donors (Lipinski definition) is 4. The molecule has 0 bridgehead atoms. The molecule has 1 aromatic carbocycles. The van der Waals surface area contributed by atoms with Gasteiger partial charge in [0.15, 0.2) is 0 Å². The van der Waals surface area contributed by atoms with Gasteiger partial charge in [-0.2, -0.15) is 0 Å². The lowest BCUT2D eigenvalue weighted by molar-refractivity contribution is 0.0123. The number of thiocarbonyl (C=S) groups is 1. The highest BCUT2D eigenvalue weighted by Crippen LogP contribution is 2.20. The predicted molar refractivity (Wildman–Crippen MR) is 92.1 cm³/mol. The summed E-state index contributed by atoms with van der Waals surface area (Å²) in [4.78, 5) is 11.7. The zero-order chi connectivity index (χ0) is 17.6. The minimum atomic E-state index is -1.09. The molecule has 128 valence electrons. The van der Waals surface area contributed by atoms with Crippen molar-refractivity contribution in [1.29, 1.82) is 0 Å². The molecule has 0 spiro atoms. The maximum absolute atomic E-state index is 11.5. The van der Waals surface area contributed by atoms with E-state index in [1.807, 2.05) is 0 Å². The second kappa shape index (κ2) is 8.24. The van der Waals surface area contributed by atoms with Gasteiger partial charge in [0.2, 0.25) is 0 Å². The average Bonchev–Trinajstić information content (AvgIpc) is 2.44. The van der Waals surface area contributed by atoms with Crippen LogP contribution in [0.5, 0.6) is 0 Å². The van der Waals surface area contributed by atoms with Crippen LogP contribution in [0, 0.1) is 0 Å². The summed E-state index contributed by atoms with van der Waals surface area (Å²) in [5.41, 5.74) is 6.10. The van der Waals surface area contributed by atoms with Crippen LogP contribution in [0.25, 0.3) is 0 Å². The highest BCUT2D eigenvalue weighted by atomic mass is 32.1. The quantitative estimate of drug-likeness (QED) is 0.587. The van der Waals surface area contributed by atoms with Gasteiger partial charge in [0, 0.05) is 12.1 Å². The molecule has 0 heterocycles. The summed E-state index contributed by atoms with van der Waals surface area (Å²) in [5, 5.41) is 22.7. The molecule has 1 aromatic rings. The van der Waals surface area contributed by atoms with E-state index >= 15 is 0 Å². The number of amides is 1. The number of aliphatic hydroxyl groups excluding tert-OH is 2. The monoisotopic (exact) mass is 340 g/mol. The standard InChI is InChI=1S/C16H24N2O4S/c1-16(2,3)22-15(21)18-8-7-12(19)13(20)10-5-4-6-11(9-10)14(17)23/h4-6,9,12-13,19-20H,7-8H2,1-3H3,(H2,17,23)(H,18,21). The fourth-order valence-electron chi connectivity index (χ4n) is 1.89. The Bertz CT molecular complexity index is 557. The number of aliphatic hydroxyl groups is 2. The third-order valence-corrected chi connectivity index (χ3v) is 3.22. The van der Waals surface area contributed by atoms with E-state index < -0.39 is 23.9 Å². The van der Waals surface area contributed by atoms with Gasteiger partial charge >= 0.3 is 6.09 Å². The van der Waals surface area contributed by atoms with Crippen LogP contribution in [0.15, 0.2) is 24.3 Å². The number of nitrogens with two attached hydrogens (primary N) is 1. The number of ether oxygens (including phenoxy) is 1. The second-order valence-corrected chi connectivity index (χ2v) is 6.66. The number of benzene rings is 1. The van der Waals surface area contributed by atoms with Crippen molar-refractivity contribution in [2.75, 3.05) is 6.54 Å². The van der Waals surface area contributed by atoms with Gasteiger partial charge in [-0.05, 0) is 38.8 Å². The number of carbonyl (C=O) groups excluding carboxylic acids is 1. The topological polar surface area (TPSA) is 105 Å². The maximum atomic E-state index is 11.5. The Morgan fingerprint density at radius 1 is 1.39 bits per heavy atom. The van der Waals surface area contributed by atoms with Crippen molar-refractivity contribution >= 4 is 23.3 Å². The molecule has 0 fully saturated rings. The summed E-state index contributed by atoms with van der Waals surface area (Å²) in [6.45, 7) is 5.47. The molecule has 7 heteroatoms. The third-order valence-electron chi connectivity index (χ3n) is 2.99. The molecular weight excluding hydrogens is 316 g/mol. The Balaban J connectivity index is 2.51. The highest BCUT2D eigenvalue weighted by molar-refractivity contribution is 7.80.